The molecule has 0 saturated carbocycles. The smallest absolute Gasteiger partial charge is 0.165 e. The lowest BCUT2D eigenvalue weighted by molar-refractivity contribution is 0.0909. The highest BCUT2D eigenvalue weighted by atomic mass is 32.2. The summed E-state index contributed by atoms with van der Waals surface area (Å²) in [6.45, 7) is 10.0. The van der Waals surface area contributed by atoms with Gasteiger partial charge in [-0.15, -0.1) is 0 Å². The lowest BCUT2D eigenvalue weighted by atomic mass is 9.76. The molecule has 0 bridgehead atoms. The van der Waals surface area contributed by atoms with Gasteiger partial charge in [0.25, 0.3) is 0 Å². The number of aryl methyl sites for hydroxylation is 1. The molecule has 20 heavy (non-hydrogen) atoms. The van der Waals surface area contributed by atoms with E-state index in [2.05, 4.69) is 50.1 Å². The zero-order valence-electron chi connectivity index (χ0n) is 13.1. The summed E-state index contributed by atoms with van der Waals surface area (Å²) >= 11 is 2.10. The van der Waals surface area contributed by atoms with Gasteiger partial charge in [-0.3, -0.25) is 4.79 Å². The number of ketones is 1. The average molecular weight is 291 g/mol. The van der Waals surface area contributed by atoms with Crippen LogP contribution in [0.15, 0.2) is 6.07 Å². The maximum absolute atomic E-state index is 12.4. The van der Waals surface area contributed by atoms with E-state index in [1.807, 2.05) is 0 Å². The Hall–Kier alpha value is -0.700. The van der Waals surface area contributed by atoms with Crippen LogP contribution in [0.2, 0.25) is 0 Å². The second-order valence-corrected chi connectivity index (χ2v) is 9.26. The minimum Gasteiger partial charge on any atom is -0.347 e. The maximum Gasteiger partial charge on any atom is 0.165 e. The van der Waals surface area contributed by atoms with Gasteiger partial charge in [0.15, 0.2) is 5.78 Å². The Morgan fingerprint density at radius 3 is 2.70 bits per heavy atom. The summed E-state index contributed by atoms with van der Waals surface area (Å²) in [6.07, 6.45) is 4.34. The Labute approximate surface area is 126 Å². The summed E-state index contributed by atoms with van der Waals surface area (Å²) in [5, 5.41) is 0. The summed E-state index contributed by atoms with van der Waals surface area (Å²) in [6, 6.07) is 2.12. The highest BCUT2D eigenvalue weighted by molar-refractivity contribution is 8.00. The molecule has 3 heteroatoms. The number of nitrogens with zero attached hydrogens (tertiary/aromatic N) is 1. The second kappa shape index (κ2) is 4.66. The minimum absolute atomic E-state index is 0.107. The molecule has 3 rings (SSSR count). The topological polar surface area (TPSA) is 22.0 Å². The van der Waals surface area contributed by atoms with E-state index in [0.29, 0.717) is 17.0 Å². The maximum atomic E-state index is 12.4. The van der Waals surface area contributed by atoms with Crippen molar-refractivity contribution >= 4 is 17.5 Å². The van der Waals surface area contributed by atoms with Gasteiger partial charge in [-0.1, -0.05) is 13.8 Å². The molecule has 1 saturated heterocycles. The number of hydrogen-bond donors (Lipinski definition) is 0. The molecule has 0 spiro atoms. The van der Waals surface area contributed by atoms with E-state index in [9.17, 15) is 4.79 Å². The van der Waals surface area contributed by atoms with Crippen molar-refractivity contribution in [1.82, 2.24) is 4.57 Å². The molecule has 110 valence electrons. The molecule has 2 heterocycles. The molecule has 0 radical (unpaired) electrons. The second-order valence-electron chi connectivity index (χ2n) is 7.58. The number of carbonyl (C=O) groups is 1. The highest BCUT2D eigenvalue weighted by Crippen LogP contribution is 2.42. The minimum atomic E-state index is 0.107. The molecule has 1 aliphatic heterocycles. The van der Waals surface area contributed by atoms with Gasteiger partial charge in [0.1, 0.15) is 0 Å². The van der Waals surface area contributed by atoms with Crippen LogP contribution in [-0.2, 0) is 13.0 Å². The van der Waals surface area contributed by atoms with Crippen LogP contribution in [0.3, 0.4) is 0 Å². The Kier molecular flexibility index (Phi) is 3.32. The number of hydrogen-bond acceptors (Lipinski definition) is 2. The van der Waals surface area contributed by atoms with Gasteiger partial charge >= 0.3 is 0 Å². The van der Waals surface area contributed by atoms with Crippen LogP contribution in [0.4, 0.5) is 0 Å². The zero-order valence-corrected chi connectivity index (χ0v) is 13.9. The van der Waals surface area contributed by atoms with Gasteiger partial charge in [-0.05, 0) is 50.3 Å². The van der Waals surface area contributed by atoms with E-state index in [-0.39, 0.29) is 5.41 Å². The van der Waals surface area contributed by atoms with Crippen molar-refractivity contribution in [3.05, 3.63) is 23.0 Å². The van der Waals surface area contributed by atoms with Gasteiger partial charge in [-0.25, -0.2) is 0 Å². The van der Waals surface area contributed by atoms with Gasteiger partial charge in [-0.2, -0.15) is 11.8 Å². The third-order valence-corrected chi connectivity index (χ3v) is 6.32. The van der Waals surface area contributed by atoms with Crippen LogP contribution in [0.1, 0.15) is 61.8 Å². The summed E-state index contributed by atoms with van der Waals surface area (Å²) < 4.78 is 2.79. The third kappa shape index (κ3) is 2.45. The van der Waals surface area contributed by atoms with Crippen molar-refractivity contribution < 1.29 is 4.79 Å². The number of aromatic nitrogens is 1. The quantitative estimate of drug-likeness (QED) is 0.813. The monoisotopic (exact) mass is 291 g/mol. The molecule has 1 atom stereocenters. The van der Waals surface area contributed by atoms with Crippen molar-refractivity contribution in [2.45, 2.75) is 64.7 Å². The standard InChI is InChI=1S/C17H25NOS/c1-12-8-13-14(9-16(2,3)10-15(13)19)18(12)11-17(4)6-5-7-20-17/h8H,5-7,9-11H2,1-4H3. The van der Waals surface area contributed by atoms with Crippen LogP contribution < -0.4 is 0 Å². The van der Waals surface area contributed by atoms with E-state index < -0.39 is 0 Å². The molecule has 0 amide bonds. The molecule has 1 unspecified atom stereocenters. The molecule has 2 aliphatic rings. The van der Waals surface area contributed by atoms with Crippen LogP contribution in [0.5, 0.6) is 0 Å². The number of carbonyl (C=O) groups excluding carboxylic acids is 1. The van der Waals surface area contributed by atoms with Gasteiger partial charge < -0.3 is 4.57 Å². The molecule has 0 N–H and O–H groups in total. The molecule has 1 fully saturated rings. The van der Waals surface area contributed by atoms with Crippen molar-refractivity contribution in [3.63, 3.8) is 0 Å². The van der Waals surface area contributed by atoms with Crippen LogP contribution in [0.25, 0.3) is 0 Å². The summed E-state index contributed by atoms with van der Waals surface area (Å²) in [5.74, 6) is 1.62. The van der Waals surface area contributed by atoms with Gasteiger partial charge in [0, 0.05) is 34.7 Å². The van der Waals surface area contributed by atoms with E-state index in [4.69, 9.17) is 0 Å². The fourth-order valence-corrected chi connectivity index (χ4v) is 5.01. The largest absolute Gasteiger partial charge is 0.347 e. The molecule has 1 aromatic heterocycles. The Bertz CT molecular complexity index is 550. The first kappa shape index (κ1) is 14.2. The zero-order chi connectivity index (χ0) is 14.5. The van der Waals surface area contributed by atoms with E-state index >= 15 is 0 Å². The van der Waals surface area contributed by atoms with E-state index in [1.165, 1.54) is 30.0 Å². The fraction of sp³-hybridized carbons (Fsp3) is 0.706. The molecular weight excluding hydrogens is 266 g/mol. The van der Waals surface area contributed by atoms with Crippen molar-refractivity contribution in [2.24, 2.45) is 5.41 Å². The molecular formula is C17H25NOS. The van der Waals surface area contributed by atoms with Crippen molar-refractivity contribution in [2.75, 3.05) is 5.75 Å². The number of thioether (sulfide) groups is 1. The van der Waals surface area contributed by atoms with E-state index in [1.54, 1.807) is 0 Å². The SMILES string of the molecule is Cc1cc2c(n1CC1(C)CCCS1)CC(C)(C)CC2=O. The molecule has 2 nitrogen and oxygen atoms in total. The van der Waals surface area contributed by atoms with Crippen LogP contribution in [-0.4, -0.2) is 20.9 Å². The fourth-order valence-electron chi connectivity index (χ4n) is 3.72. The Balaban J connectivity index is 1.98. The Morgan fingerprint density at radius 1 is 1.30 bits per heavy atom. The number of rotatable bonds is 2. The molecule has 1 aliphatic carbocycles. The third-order valence-electron chi connectivity index (χ3n) is 4.79. The van der Waals surface area contributed by atoms with E-state index in [0.717, 1.165) is 18.5 Å². The van der Waals surface area contributed by atoms with Gasteiger partial charge in [0.2, 0.25) is 0 Å². The normalized spacial score (nSPS) is 28.7. The van der Waals surface area contributed by atoms with Gasteiger partial charge in [0.05, 0.1) is 0 Å². The first-order valence-corrected chi connectivity index (χ1v) is 8.64. The first-order valence-electron chi connectivity index (χ1n) is 7.66. The summed E-state index contributed by atoms with van der Waals surface area (Å²) in [4.78, 5) is 12.4. The van der Waals surface area contributed by atoms with Crippen LogP contribution in [0, 0.1) is 12.3 Å². The molecule has 1 aromatic rings. The first-order chi connectivity index (χ1) is 9.30. The predicted octanol–water partition coefficient (Wildman–Crippen LogP) is 4.24. The highest BCUT2D eigenvalue weighted by Gasteiger charge is 2.36. The average Bonchev–Trinajstić information content (AvgIpc) is 2.86. The summed E-state index contributed by atoms with van der Waals surface area (Å²) in [7, 11) is 0. The van der Waals surface area contributed by atoms with Crippen molar-refractivity contribution in [3.8, 4) is 0 Å². The summed E-state index contributed by atoms with van der Waals surface area (Å²) in [5.41, 5.74) is 3.65. The Morgan fingerprint density at radius 2 is 2.05 bits per heavy atom. The lowest BCUT2D eigenvalue weighted by Crippen LogP contribution is -2.31. The number of fused-ring (bicyclic) bond motifs is 1. The predicted molar refractivity (Wildman–Crippen MR) is 85.7 cm³/mol. The number of Topliss-reactive ketones (excluding diaryl/α,β-unsaturated/α-hetero) is 1. The van der Waals surface area contributed by atoms with Crippen LogP contribution >= 0.6 is 11.8 Å². The van der Waals surface area contributed by atoms with Crippen molar-refractivity contribution in [1.29, 1.82) is 0 Å². The molecule has 0 aromatic carbocycles. The lowest BCUT2D eigenvalue weighted by Gasteiger charge is -2.32.